The molecule has 0 radical (unpaired) electrons. The molecule has 0 spiro atoms. The molecule has 2 aromatic carbocycles. The monoisotopic (exact) mass is 298 g/mol. The maximum absolute atomic E-state index is 12.9. The van der Waals surface area contributed by atoms with E-state index in [2.05, 4.69) is 10.6 Å². The summed E-state index contributed by atoms with van der Waals surface area (Å²) in [4.78, 5) is 0. The molecule has 0 aliphatic heterocycles. The van der Waals surface area contributed by atoms with Crippen molar-refractivity contribution < 1.29 is 9.13 Å². The van der Waals surface area contributed by atoms with Crippen LogP contribution >= 0.6 is 0 Å². The number of nitrogens with two attached hydrogens (primary N) is 1. The lowest BCUT2D eigenvalue weighted by atomic mass is 10.2. The van der Waals surface area contributed by atoms with Crippen molar-refractivity contribution in [1.29, 1.82) is 0 Å². The summed E-state index contributed by atoms with van der Waals surface area (Å²) >= 11 is 0. The van der Waals surface area contributed by atoms with Gasteiger partial charge < -0.3 is 15.0 Å². The van der Waals surface area contributed by atoms with E-state index >= 15 is 0 Å². The van der Waals surface area contributed by atoms with Crippen LogP contribution in [0.15, 0.2) is 54.7 Å². The molecule has 3 nitrogen and oxygen atoms in total. The van der Waals surface area contributed by atoms with Gasteiger partial charge in [-0.25, -0.2) is 4.39 Å². The summed E-state index contributed by atoms with van der Waals surface area (Å²) in [7, 11) is 0. The summed E-state index contributed by atoms with van der Waals surface area (Å²) in [5.41, 5.74) is 7.94. The highest BCUT2D eigenvalue weighted by Crippen LogP contribution is 2.23. The molecule has 0 aliphatic carbocycles. The van der Waals surface area contributed by atoms with Gasteiger partial charge in [-0.05, 0) is 48.9 Å². The number of ether oxygens (including phenoxy) is 1. The summed E-state index contributed by atoms with van der Waals surface area (Å²) in [6, 6.07) is 14.5. The molecule has 1 aromatic heterocycles. The van der Waals surface area contributed by atoms with Gasteiger partial charge in [-0.3, -0.25) is 0 Å². The van der Waals surface area contributed by atoms with Crippen LogP contribution in [0.5, 0.6) is 5.75 Å². The van der Waals surface area contributed by atoms with Gasteiger partial charge >= 0.3 is 0 Å². The Morgan fingerprint density at radius 2 is 1.91 bits per heavy atom. The smallest absolute Gasteiger partial charge is 0.123 e. The SMILES string of the molecule is C[C@@H](N)Cn1ccc2cc(OCc3ccc(F)cc3)ccc21. The van der Waals surface area contributed by atoms with Crippen molar-refractivity contribution >= 4 is 10.9 Å². The zero-order valence-corrected chi connectivity index (χ0v) is 12.5. The Labute approximate surface area is 129 Å². The summed E-state index contributed by atoms with van der Waals surface area (Å²) in [5.74, 6) is 0.566. The number of hydrogen-bond donors (Lipinski definition) is 1. The molecule has 0 aliphatic rings. The number of fused-ring (bicyclic) bond motifs is 1. The minimum absolute atomic E-state index is 0.116. The van der Waals surface area contributed by atoms with Crippen LogP contribution in [0.25, 0.3) is 10.9 Å². The maximum atomic E-state index is 12.9. The van der Waals surface area contributed by atoms with E-state index in [1.807, 2.05) is 31.3 Å². The largest absolute Gasteiger partial charge is 0.489 e. The Morgan fingerprint density at radius 3 is 2.64 bits per heavy atom. The molecule has 0 amide bonds. The molecule has 1 heterocycles. The second kappa shape index (κ2) is 6.20. The van der Waals surface area contributed by atoms with E-state index in [0.29, 0.717) is 6.61 Å². The summed E-state index contributed by atoms with van der Waals surface area (Å²) < 4.78 is 20.8. The lowest BCUT2D eigenvalue weighted by Gasteiger charge is -2.10. The standard InChI is InChI=1S/C18H19FN2O/c1-13(20)11-21-9-8-15-10-17(6-7-18(15)21)22-12-14-2-4-16(19)5-3-14/h2-10,13H,11-12,20H2,1H3/t13-/m1/s1. The van der Waals surface area contributed by atoms with Crippen LogP contribution in [-0.4, -0.2) is 10.6 Å². The van der Waals surface area contributed by atoms with E-state index < -0.39 is 0 Å². The number of benzene rings is 2. The average Bonchev–Trinajstić information content (AvgIpc) is 2.88. The lowest BCUT2D eigenvalue weighted by Crippen LogP contribution is -2.21. The van der Waals surface area contributed by atoms with E-state index in [9.17, 15) is 4.39 Å². The van der Waals surface area contributed by atoms with Gasteiger partial charge in [0, 0.05) is 29.7 Å². The zero-order chi connectivity index (χ0) is 15.5. The van der Waals surface area contributed by atoms with Gasteiger partial charge in [0.1, 0.15) is 18.2 Å². The molecule has 3 aromatic rings. The lowest BCUT2D eigenvalue weighted by molar-refractivity contribution is 0.306. The Balaban J connectivity index is 1.73. The number of rotatable bonds is 5. The second-order valence-electron chi connectivity index (χ2n) is 5.58. The zero-order valence-electron chi connectivity index (χ0n) is 12.5. The van der Waals surface area contributed by atoms with Crippen molar-refractivity contribution in [1.82, 2.24) is 4.57 Å². The first kappa shape index (κ1) is 14.6. The van der Waals surface area contributed by atoms with E-state index in [1.165, 1.54) is 12.1 Å². The van der Waals surface area contributed by atoms with Crippen molar-refractivity contribution in [2.24, 2.45) is 5.73 Å². The number of aromatic nitrogens is 1. The van der Waals surface area contributed by atoms with Crippen molar-refractivity contribution in [3.05, 3.63) is 66.1 Å². The molecule has 0 bridgehead atoms. The highest BCUT2D eigenvalue weighted by Gasteiger charge is 2.05. The topological polar surface area (TPSA) is 40.2 Å². The molecular formula is C18H19FN2O. The van der Waals surface area contributed by atoms with Gasteiger partial charge in [0.15, 0.2) is 0 Å². The third-order valence-corrected chi connectivity index (χ3v) is 3.55. The molecule has 3 rings (SSSR count). The van der Waals surface area contributed by atoms with E-state index in [0.717, 1.165) is 28.8 Å². The fraction of sp³-hybridized carbons (Fsp3) is 0.222. The molecule has 0 fully saturated rings. The predicted octanol–water partition coefficient (Wildman–Crippen LogP) is 3.71. The Bertz CT molecular complexity index is 762. The minimum atomic E-state index is -0.236. The summed E-state index contributed by atoms with van der Waals surface area (Å²) in [6.45, 7) is 3.21. The first-order chi connectivity index (χ1) is 10.6. The first-order valence-electron chi connectivity index (χ1n) is 7.33. The van der Waals surface area contributed by atoms with Gasteiger partial charge in [0.25, 0.3) is 0 Å². The van der Waals surface area contributed by atoms with Gasteiger partial charge in [-0.15, -0.1) is 0 Å². The van der Waals surface area contributed by atoms with Crippen molar-refractivity contribution in [2.75, 3.05) is 0 Å². The molecule has 114 valence electrons. The van der Waals surface area contributed by atoms with E-state index in [4.69, 9.17) is 10.5 Å². The van der Waals surface area contributed by atoms with Crippen molar-refractivity contribution in [2.45, 2.75) is 26.1 Å². The van der Waals surface area contributed by atoms with Crippen LogP contribution in [0, 0.1) is 5.82 Å². The Hall–Kier alpha value is -2.33. The predicted molar refractivity (Wildman–Crippen MR) is 86.3 cm³/mol. The van der Waals surface area contributed by atoms with Crippen LogP contribution in [-0.2, 0) is 13.2 Å². The normalized spacial score (nSPS) is 12.5. The van der Waals surface area contributed by atoms with Gasteiger partial charge in [0.05, 0.1) is 0 Å². The highest BCUT2D eigenvalue weighted by atomic mass is 19.1. The van der Waals surface area contributed by atoms with Crippen molar-refractivity contribution in [3.63, 3.8) is 0 Å². The quantitative estimate of drug-likeness (QED) is 0.780. The molecule has 22 heavy (non-hydrogen) atoms. The molecule has 0 saturated heterocycles. The fourth-order valence-electron chi connectivity index (χ4n) is 2.48. The average molecular weight is 298 g/mol. The van der Waals surface area contributed by atoms with E-state index in [-0.39, 0.29) is 11.9 Å². The summed E-state index contributed by atoms with van der Waals surface area (Å²) in [6.07, 6.45) is 2.04. The van der Waals surface area contributed by atoms with Crippen LogP contribution in [0.4, 0.5) is 4.39 Å². The van der Waals surface area contributed by atoms with Gasteiger partial charge in [-0.1, -0.05) is 12.1 Å². The third kappa shape index (κ3) is 3.28. The van der Waals surface area contributed by atoms with Crippen molar-refractivity contribution in [3.8, 4) is 5.75 Å². The summed E-state index contributed by atoms with van der Waals surface area (Å²) in [5, 5.41) is 1.12. The molecule has 0 saturated carbocycles. The maximum Gasteiger partial charge on any atom is 0.123 e. The Morgan fingerprint density at radius 1 is 1.14 bits per heavy atom. The van der Waals surface area contributed by atoms with E-state index in [1.54, 1.807) is 12.1 Å². The van der Waals surface area contributed by atoms with Crippen LogP contribution in [0.1, 0.15) is 12.5 Å². The second-order valence-corrected chi connectivity index (χ2v) is 5.58. The first-order valence-corrected chi connectivity index (χ1v) is 7.33. The van der Waals surface area contributed by atoms with Crippen LogP contribution in [0.2, 0.25) is 0 Å². The third-order valence-electron chi connectivity index (χ3n) is 3.55. The van der Waals surface area contributed by atoms with Gasteiger partial charge in [-0.2, -0.15) is 0 Å². The molecular weight excluding hydrogens is 279 g/mol. The molecule has 0 unspecified atom stereocenters. The molecule has 1 atom stereocenters. The molecule has 4 heteroatoms. The Kier molecular flexibility index (Phi) is 4.11. The number of halogens is 1. The minimum Gasteiger partial charge on any atom is -0.489 e. The fourth-order valence-corrected chi connectivity index (χ4v) is 2.48. The van der Waals surface area contributed by atoms with Gasteiger partial charge in [0.2, 0.25) is 0 Å². The van der Waals surface area contributed by atoms with Crippen LogP contribution < -0.4 is 10.5 Å². The number of hydrogen-bond acceptors (Lipinski definition) is 2. The highest BCUT2D eigenvalue weighted by molar-refractivity contribution is 5.81. The molecule has 2 N–H and O–H groups in total. The number of nitrogens with zero attached hydrogens (tertiary/aromatic N) is 1. The van der Waals surface area contributed by atoms with Crippen LogP contribution in [0.3, 0.4) is 0 Å².